The molecule has 0 fully saturated rings. The smallest absolute Gasteiger partial charge is 0.250 e. The second-order valence-corrected chi connectivity index (χ2v) is 5.09. The van der Waals surface area contributed by atoms with Crippen molar-refractivity contribution in [2.45, 2.75) is 26.8 Å². The Morgan fingerprint density at radius 3 is 2.58 bits per heavy atom. The lowest BCUT2D eigenvalue weighted by molar-refractivity contribution is 0.836. The van der Waals surface area contributed by atoms with E-state index in [1.54, 1.807) is 17.7 Å². The normalized spacial score (nSPS) is 12.2. The maximum Gasteiger partial charge on any atom is 0.250 e. The molecule has 100 valence electrons. The van der Waals surface area contributed by atoms with E-state index in [1.165, 1.54) is 16.7 Å². The predicted octanol–water partition coefficient (Wildman–Crippen LogP) is 3.18. The van der Waals surface area contributed by atoms with Gasteiger partial charge in [0.2, 0.25) is 5.56 Å². The van der Waals surface area contributed by atoms with Crippen LogP contribution in [0.15, 0.2) is 41.3 Å². The summed E-state index contributed by atoms with van der Waals surface area (Å²) in [5.74, 6) is 0. The van der Waals surface area contributed by atoms with Crippen LogP contribution in [0.2, 0.25) is 0 Å². The van der Waals surface area contributed by atoms with Gasteiger partial charge in [-0.3, -0.25) is 4.79 Å². The summed E-state index contributed by atoms with van der Waals surface area (Å²) >= 11 is 0. The minimum atomic E-state index is 0.00457. The number of hydrogen-bond acceptors (Lipinski definition) is 2. The number of nitrogens with zero attached hydrogens (tertiary/aromatic N) is 1. The second kappa shape index (κ2) is 5.31. The quantitative estimate of drug-likeness (QED) is 0.915. The van der Waals surface area contributed by atoms with Crippen LogP contribution in [0.25, 0.3) is 0 Å². The minimum absolute atomic E-state index is 0.00457. The van der Waals surface area contributed by atoms with Crippen LogP contribution in [0, 0.1) is 13.8 Å². The molecule has 3 nitrogen and oxygen atoms in total. The molecule has 0 aliphatic rings. The summed E-state index contributed by atoms with van der Waals surface area (Å²) < 4.78 is 1.58. The summed E-state index contributed by atoms with van der Waals surface area (Å²) in [5.41, 5.74) is 4.78. The Hall–Kier alpha value is -2.03. The number of aryl methyl sites for hydroxylation is 3. The fourth-order valence-electron chi connectivity index (χ4n) is 2.23. The average Bonchev–Trinajstić information content (AvgIpc) is 2.36. The van der Waals surface area contributed by atoms with Crippen molar-refractivity contribution >= 4 is 5.69 Å². The average molecular weight is 256 g/mol. The molecular weight excluding hydrogens is 236 g/mol. The highest BCUT2D eigenvalue weighted by Crippen LogP contribution is 2.22. The van der Waals surface area contributed by atoms with Crippen molar-refractivity contribution < 1.29 is 0 Å². The van der Waals surface area contributed by atoms with E-state index < -0.39 is 0 Å². The predicted molar refractivity (Wildman–Crippen MR) is 79.6 cm³/mol. The van der Waals surface area contributed by atoms with E-state index in [2.05, 4.69) is 44.3 Å². The maximum atomic E-state index is 11.4. The number of aromatic nitrogens is 1. The molecule has 1 atom stereocenters. The lowest BCUT2D eigenvalue weighted by Crippen LogP contribution is -2.16. The van der Waals surface area contributed by atoms with Gasteiger partial charge < -0.3 is 9.88 Å². The van der Waals surface area contributed by atoms with Gasteiger partial charge in [0.1, 0.15) is 0 Å². The van der Waals surface area contributed by atoms with Gasteiger partial charge in [0.05, 0.1) is 5.69 Å². The summed E-state index contributed by atoms with van der Waals surface area (Å²) in [6.07, 6.45) is 1.82. The monoisotopic (exact) mass is 256 g/mol. The molecule has 1 N–H and O–H groups in total. The van der Waals surface area contributed by atoms with E-state index in [1.807, 2.05) is 12.3 Å². The van der Waals surface area contributed by atoms with Crippen molar-refractivity contribution in [1.82, 2.24) is 4.57 Å². The Morgan fingerprint density at radius 2 is 1.89 bits per heavy atom. The Bertz CT molecular complexity index is 643. The molecule has 0 amide bonds. The standard InChI is InChI=1S/C16H20N2O/c1-11-5-6-12(2)15(9-11)13(3)17-14-7-8-16(19)18(4)10-14/h5-10,13,17H,1-4H3. The first-order valence-electron chi connectivity index (χ1n) is 6.48. The van der Waals surface area contributed by atoms with Crippen molar-refractivity contribution in [3.63, 3.8) is 0 Å². The van der Waals surface area contributed by atoms with Crippen molar-refractivity contribution in [2.75, 3.05) is 5.32 Å². The zero-order chi connectivity index (χ0) is 14.0. The molecule has 19 heavy (non-hydrogen) atoms. The maximum absolute atomic E-state index is 11.4. The van der Waals surface area contributed by atoms with E-state index in [9.17, 15) is 4.79 Å². The summed E-state index contributed by atoms with van der Waals surface area (Å²) in [5, 5.41) is 3.43. The highest BCUT2D eigenvalue weighted by Gasteiger charge is 2.08. The lowest BCUT2D eigenvalue weighted by atomic mass is 10.00. The van der Waals surface area contributed by atoms with Gasteiger partial charge in [-0.05, 0) is 38.0 Å². The van der Waals surface area contributed by atoms with E-state index in [0.717, 1.165) is 5.69 Å². The molecule has 0 aliphatic carbocycles. The molecule has 0 aliphatic heterocycles. The van der Waals surface area contributed by atoms with Crippen molar-refractivity contribution in [3.05, 3.63) is 63.6 Å². The van der Waals surface area contributed by atoms with E-state index >= 15 is 0 Å². The number of nitrogens with one attached hydrogen (secondary N) is 1. The Labute approximate surface area is 113 Å². The largest absolute Gasteiger partial charge is 0.377 e. The highest BCUT2D eigenvalue weighted by atomic mass is 16.1. The molecular formula is C16H20N2O. The fraction of sp³-hybridized carbons (Fsp3) is 0.312. The first-order chi connectivity index (χ1) is 8.97. The number of anilines is 1. The van der Waals surface area contributed by atoms with Crippen LogP contribution in [-0.4, -0.2) is 4.57 Å². The number of pyridine rings is 1. The van der Waals surface area contributed by atoms with Gasteiger partial charge in [0.15, 0.2) is 0 Å². The van der Waals surface area contributed by atoms with Gasteiger partial charge in [-0.2, -0.15) is 0 Å². The lowest BCUT2D eigenvalue weighted by Gasteiger charge is -2.18. The summed E-state index contributed by atoms with van der Waals surface area (Å²) in [6, 6.07) is 10.1. The topological polar surface area (TPSA) is 34.0 Å². The van der Waals surface area contributed by atoms with Crippen LogP contribution in [0.3, 0.4) is 0 Å². The van der Waals surface area contributed by atoms with Crippen molar-refractivity contribution in [2.24, 2.45) is 7.05 Å². The Kier molecular flexibility index (Phi) is 3.74. The van der Waals surface area contributed by atoms with Gasteiger partial charge >= 0.3 is 0 Å². The van der Waals surface area contributed by atoms with E-state index in [0.29, 0.717) is 0 Å². The van der Waals surface area contributed by atoms with E-state index in [4.69, 9.17) is 0 Å². The van der Waals surface area contributed by atoms with Crippen molar-refractivity contribution in [3.8, 4) is 0 Å². The Balaban J connectivity index is 2.25. The summed E-state index contributed by atoms with van der Waals surface area (Å²) in [6.45, 7) is 6.35. The molecule has 1 unspecified atom stereocenters. The van der Waals surface area contributed by atoms with Gasteiger partial charge in [-0.1, -0.05) is 23.8 Å². The molecule has 2 rings (SSSR count). The van der Waals surface area contributed by atoms with Gasteiger partial charge in [0.25, 0.3) is 0 Å². The summed E-state index contributed by atoms with van der Waals surface area (Å²) in [4.78, 5) is 11.4. The molecule has 0 radical (unpaired) electrons. The Morgan fingerprint density at radius 1 is 1.16 bits per heavy atom. The molecule has 3 heteroatoms. The van der Waals surface area contributed by atoms with Crippen LogP contribution in [0.4, 0.5) is 5.69 Å². The molecule has 1 heterocycles. The third-order valence-electron chi connectivity index (χ3n) is 3.37. The molecule has 0 saturated heterocycles. The third kappa shape index (κ3) is 3.05. The minimum Gasteiger partial charge on any atom is -0.377 e. The molecule has 0 spiro atoms. The van der Waals surface area contributed by atoms with Crippen LogP contribution in [-0.2, 0) is 7.05 Å². The van der Waals surface area contributed by atoms with Crippen LogP contribution < -0.4 is 10.9 Å². The zero-order valence-corrected chi connectivity index (χ0v) is 11.9. The van der Waals surface area contributed by atoms with E-state index in [-0.39, 0.29) is 11.6 Å². The van der Waals surface area contributed by atoms with Crippen LogP contribution in [0.5, 0.6) is 0 Å². The molecule has 1 aromatic carbocycles. The van der Waals surface area contributed by atoms with Gasteiger partial charge in [-0.15, -0.1) is 0 Å². The van der Waals surface area contributed by atoms with Crippen LogP contribution >= 0.6 is 0 Å². The first-order valence-corrected chi connectivity index (χ1v) is 6.48. The highest BCUT2D eigenvalue weighted by molar-refractivity contribution is 5.45. The number of rotatable bonds is 3. The molecule has 1 aromatic heterocycles. The third-order valence-corrected chi connectivity index (χ3v) is 3.37. The number of hydrogen-bond donors (Lipinski definition) is 1. The fourth-order valence-corrected chi connectivity index (χ4v) is 2.23. The van der Waals surface area contributed by atoms with Crippen molar-refractivity contribution in [1.29, 1.82) is 0 Å². The second-order valence-electron chi connectivity index (χ2n) is 5.09. The van der Waals surface area contributed by atoms with Gasteiger partial charge in [-0.25, -0.2) is 0 Å². The molecule has 2 aromatic rings. The first kappa shape index (κ1) is 13.4. The summed E-state index contributed by atoms with van der Waals surface area (Å²) in [7, 11) is 1.76. The van der Waals surface area contributed by atoms with Crippen LogP contribution in [0.1, 0.15) is 29.7 Å². The molecule has 0 bridgehead atoms. The zero-order valence-electron chi connectivity index (χ0n) is 11.9. The number of benzene rings is 1. The van der Waals surface area contributed by atoms with Gasteiger partial charge in [0, 0.05) is 25.4 Å². The SMILES string of the molecule is Cc1ccc(C)c(C(C)Nc2ccc(=O)n(C)c2)c1. The molecule has 0 saturated carbocycles.